The molecule has 33 heavy (non-hydrogen) atoms. The molecule has 13 heteroatoms. The second kappa shape index (κ2) is 10.9. The molecule has 1 fully saturated rings. The minimum Gasteiger partial charge on any atom is -0.478 e. The molecule has 1 aromatic carbocycles. The van der Waals surface area contributed by atoms with E-state index in [0.29, 0.717) is 5.75 Å². The number of benzene rings is 1. The quantitative estimate of drug-likeness (QED) is 0.198. The van der Waals surface area contributed by atoms with Crippen LogP contribution in [0.15, 0.2) is 30.3 Å². The van der Waals surface area contributed by atoms with Gasteiger partial charge >= 0.3 is 5.97 Å². The summed E-state index contributed by atoms with van der Waals surface area (Å²) in [5, 5.41) is 2.58. The molecule has 184 valence electrons. The van der Waals surface area contributed by atoms with Crippen LogP contribution in [0, 0.1) is 0 Å². The molecule has 0 aliphatic carbocycles. The van der Waals surface area contributed by atoms with Crippen LogP contribution in [0.2, 0.25) is 0 Å². The Kier molecular flexibility index (Phi) is 9.38. The Morgan fingerprint density at radius 3 is 2.21 bits per heavy atom. The molecule has 1 aromatic rings. The van der Waals surface area contributed by atoms with Crippen molar-refractivity contribution in [3.8, 4) is 5.75 Å². The number of amides is 2. The van der Waals surface area contributed by atoms with Gasteiger partial charge in [0.15, 0.2) is 5.60 Å². The van der Waals surface area contributed by atoms with Crippen molar-refractivity contribution in [2.75, 3.05) is 6.61 Å². The third kappa shape index (κ3) is 7.12. The number of nitrogens with zero attached hydrogens (tertiary/aromatic N) is 1. The lowest BCUT2D eigenvalue weighted by molar-refractivity contribution is -0.167. The van der Waals surface area contributed by atoms with E-state index < -0.39 is 56.1 Å². The Bertz CT molecular complexity index is 881. The number of halogens is 5. The van der Waals surface area contributed by atoms with Gasteiger partial charge in [-0.15, -0.1) is 0 Å². The molecule has 0 spiro atoms. The maximum absolute atomic E-state index is 13.0. The highest BCUT2D eigenvalue weighted by atomic mass is 35.7. The molecule has 3 unspecified atom stereocenters. The van der Waals surface area contributed by atoms with Gasteiger partial charge in [0, 0.05) is 0 Å². The summed E-state index contributed by atoms with van der Waals surface area (Å²) in [4.78, 5) is 39.6. The maximum atomic E-state index is 13.0. The van der Waals surface area contributed by atoms with E-state index in [1.165, 1.54) is 0 Å². The first-order valence-corrected chi connectivity index (χ1v) is 12.9. The van der Waals surface area contributed by atoms with Crippen molar-refractivity contribution >= 4 is 85.8 Å². The normalized spacial score (nSPS) is 20.0. The van der Waals surface area contributed by atoms with Gasteiger partial charge in [0.05, 0.1) is 4.75 Å². The van der Waals surface area contributed by atoms with Gasteiger partial charge in [-0.2, -0.15) is 0 Å². The monoisotopic (exact) mass is 578 g/mol. The summed E-state index contributed by atoms with van der Waals surface area (Å²) < 4.78 is 7.97. The summed E-state index contributed by atoms with van der Waals surface area (Å²) in [5.41, 5.74) is -2.35. The molecule has 7 nitrogen and oxygen atoms in total. The Morgan fingerprint density at radius 1 is 1.15 bits per heavy atom. The lowest BCUT2D eigenvalue weighted by Gasteiger charge is -2.50. The molecule has 1 aliphatic rings. The molecule has 1 saturated heterocycles. The fourth-order valence-corrected chi connectivity index (χ4v) is 4.12. The largest absolute Gasteiger partial charge is 0.478 e. The van der Waals surface area contributed by atoms with E-state index in [4.69, 9.17) is 66.6 Å². The van der Waals surface area contributed by atoms with Crippen LogP contribution in [-0.2, 0) is 19.1 Å². The van der Waals surface area contributed by atoms with Gasteiger partial charge in [0.2, 0.25) is 3.79 Å². The summed E-state index contributed by atoms with van der Waals surface area (Å²) in [6, 6.07) is 6.47. The van der Waals surface area contributed by atoms with E-state index in [1.54, 1.807) is 52.0 Å². The first-order chi connectivity index (χ1) is 15.1. The molecular weight excluding hydrogens is 558 g/mol. The summed E-state index contributed by atoms with van der Waals surface area (Å²) in [7, 11) is 6.78. The standard InChI is InChI=1S/C20H23Cl5N2O5S/c1-18(2,32-11-8-6-5-7-9-11)17(30)26-12-14(21)27(15(12)28)13(19(3,4)33-25)16(29)31-10-20(22,23)24/h5-9,12-14H,10H2,1-4H3,(H,26,30). The van der Waals surface area contributed by atoms with Crippen LogP contribution in [0.25, 0.3) is 0 Å². The number of para-hydroxylation sites is 1. The third-order valence-electron chi connectivity index (χ3n) is 4.75. The molecular formula is C20H23Cl5N2O5S. The highest BCUT2D eigenvalue weighted by Gasteiger charge is 2.57. The first kappa shape index (κ1) is 28.5. The SMILES string of the molecule is CC(C)(Oc1ccccc1)C(=O)NC1C(=O)N(C(C(=O)OCC(Cl)(Cl)Cl)C(C)(C)SCl)C1Cl. The first-order valence-electron chi connectivity index (χ1n) is 9.65. The number of carbonyl (C=O) groups is 3. The number of β-lactam (4-membered cyclic amide) rings is 1. The van der Waals surface area contributed by atoms with E-state index in [-0.39, 0.29) is 0 Å². The smallest absolute Gasteiger partial charge is 0.330 e. The molecule has 2 amide bonds. The van der Waals surface area contributed by atoms with E-state index in [9.17, 15) is 14.4 Å². The molecule has 0 aromatic heterocycles. The Balaban J connectivity index is 2.13. The van der Waals surface area contributed by atoms with Crippen LogP contribution in [-0.4, -0.2) is 61.0 Å². The third-order valence-corrected chi connectivity index (χ3v) is 7.35. The van der Waals surface area contributed by atoms with Crippen molar-refractivity contribution in [1.82, 2.24) is 10.2 Å². The molecule has 0 bridgehead atoms. The number of hydrogen-bond acceptors (Lipinski definition) is 6. The minimum atomic E-state index is -1.83. The van der Waals surface area contributed by atoms with Gasteiger partial charge in [0.1, 0.15) is 29.9 Å². The summed E-state index contributed by atoms with van der Waals surface area (Å²) >= 11 is 23.4. The molecule has 3 atom stereocenters. The summed E-state index contributed by atoms with van der Waals surface area (Å²) in [6.45, 7) is 5.85. The van der Waals surface area contributed by atoms with Gasteiger partial charge in [-0.25, -0.2) is 4.79 Å². The number of nitrogens with one attached hydrogen (secondary N) is 1. The molecule has 1 aliphatic heterocycles. The zero-order chi connectivity index (χ0) is 25.2. The number of carbonyl (C=O) groups excluding carboxylic acids is 3. The van der Waals surface area contributed by atoms with Crippen molar-refractivity contribution in [3.05, 3.63) is 30.3 Å². The number of hydrogen-bond donors (Lipinski definition) is 1. The zero-order valence-corrected chi connectivity index (χ0v) is 22.7. The van der Waals surface area contributed by atoms with Crippen molar-refractivity contribution in [2.45, 2.75) is 59.4 Å². The van der Waals surface area contributed by atoms with Crippen LogP contribution in [0.3, 0.4) is 0 Å². The van der Waals surface area contributed by atoms with E-state index in [0.717, 1.165) is 15.9 Å². The fraction of sp³-hybridized carbons (Fsp3) is 0.550. The van der Waals surface area contributed by atoms with Gasteiger partial charge < -0.3 is 19.7 Å². The van der Waals surface area contributed by atoms with Crippen LogP contribution in [0.5, 0.6) is 5.75 Å². The van der Waals surface area contributed by atoms with Gasteiger partial charge in [0.25, 0.3) is 11.8 Å². The maximum Gasteiger partial charge on any atom is 0.330 e. The number of ether oxygens (including phenoxy) is 2. The van der Waals surface area contributed by atoms with Gasteiger partial charge in [-0.3, -0.25) is 9.59 Å². The zero-order valence-electron chi connectivity index (χ0n) is 18.1. The number of likely N-dealkylation sites (tertiary alicyclic amines) is 1. The Labute approximate surface area is 221 Å². The number of alkyl halides is 4. The lowest BCUT2D eigenvalue weighted by Crippen LogP contribution is -2.75. The van der Waals surface area contributed by atoms with Crippen LogP contribution in [0.1, 0.15) is 27.7 Å². The van der Waals surface area contributed by atoms with Crippen molar-refractivity contribution in [1.29, 1.82) is 0 Å². The average Bonchev–Trinajstić information content (AvgIpc) is 2.73. The summed E-state index contributed by atoms with van der Waals surface area (Å²) in [6.07, 6.45) is 0. The Morgan fingerprint density at radius 2 is 1.73 bits per heavy atom. The summed E-state index contributed by atoms with van der Waals surface area (Å²) in [5.74, 6) is -1.51. The predicted molar refractivity (Wildman–Crippen MR) is 132 cm³/mol. The van der Waals surface area contributed by atoms with Crippen molar-refractivity contribution in [2.24, 2.45) is 0 Å². The second-order valence-corrected chi connectivity index (χ2v) is 12.9. The number of esters is 1. The van der Waals surface area contributed by atoms with Crippen LogP contribution < -0.4 is 10.1 Å². The topological polar surface area (TPSA) is 84.9 Å². The van der Waals surface area contributed by atoms with Gasteiger partial charge in [-0.05, 0) is 61.5 Å². The second-order valence-electron chi connectivity index (χ2n) is 8.30. The molecule has 0 radical (unpaired) electrons. The van der Waals surface area contributed by atoms with Gasteiger partial charge in [-0.1, -0.05) is 64.6 Å². The molecule has 1 heterocycles. The van der Waals surface area contributed by atoms with E-state index in [2.05, 4.69) is 5.32 Å². The van der Waals surface area contributed by atoms with E-state index >= 15 is 0 Å². The van der Waals surface area contributed by atoms with Crippen molar-refractivity contribution < 1.29 is 23.9 Å². The predicted octanol–water partition coefficient (Wildman–Crippen LogP) is 4.68. The van der Waals surface area contributed by atoms with Crippen LogP contribution >= 0.6 is 68.1 Å². The number of rotatable bonds is 9. The highest BCUT2D eigenvalue weighted by Crippen LogP contribution is 2.40. The van der Waals surface area contributed by atoms with E-state index in [1.807, 2.05) is 6.07 Å². The minimum absolute atomic E-state index is 0.485. The molecule has 0 saturated carbocycles. The molecule has 1 N–H and O–H groups in total. The molecule has 2 rings (SSSR count). The highest BCUT2D eigenvalue weighted by molar-refractivity contribution is 8.22. The van der Waals surface area contributed by atoms with Crippen molar-refractivity contribution in [3.63, 3.8) is 0 Å². The Hall–Kier alpha value is -0.770. The van der Waals surface area contributed by atoms with Crippen LogP contribution in [0.4, 0.5) is 0 Å². The average molecular weight is 581 g/mol. The lowest BCUT2D eigenvalue weighted by atomic mass is 9.94. The fourth-order valence-electron chi connectivity index (χ4n) is 3.03.